The summed E-state index contributed by atoms with van der Waals surface area (Å²) in [5.74, 6) is -0.451. The molecule has 7 heteroatoms. The van der Waals surface area contributed by atoms with Gasteiger partial charge in [0.15, 0.2) is 8.32 Å². The number of hydrogen-bond donors (Lipinski definition) is 0. The van der Waals surface area contributed by atoms with Crippen LogP contribution in [0.15, 0.2) is 42.5 Å². The molecule has 2 atom stereocenters. The monoisotopic (exact) mass is 435 g/mol. The number of esters is 1. The van der Waals surface area contributed by atoms with Crippen molar-refractivity contribution in [3.8, 4) is 0 Å². The number of nitrogens with zero attached hydrogens (tertiary/aromatic N) is 1. The van der Waals surface area contributed by atoms with E-state index in [4.69, 9.17) is 13.9 Å². The first-order chi connectivity index (χ1) is 13.9. The van der Waals surface area contributed by atoms with Gasteiger partial charge in [0.1, 0.15) is 6.61 Å². The highest BCUT2D eigenvalue weighted by molar-refractivity contribution is 6.74. The molecule has 0 heterocycles. The maximum absolute atomic E-state index is 12.7. The number of hydrogen-bond acceptors (Lipinski definition) is 5. The van der Waals surface area contributed by atoms with Gasteiger partial charge in [0, 0.05) is 13.1 Å². The van der Waals surface area contributed by atoms with E-state index in [1.165, 1.54) is 11.0 Å². The van der Waals surface area contributed by atoms with Gasteiger partial charge >= 0.3 is 12.1 Å². The Hall–Kier alpha value is -2.12. The fourth-order valence-electron chi connectivity index (χ4n) is 2.62. The number of benzene rings is 1. The van der Waals surface area contributed by atoms with Crippen LogP contribution in [0.3, 0.4) is 0 Å². The lowest BCUT2D eigenvalue weighted by molar-refractivity contribution is -0.137. The van der Waals surface area contributed by atoms with E-state index in [-0.39, 0.29) is 17.7 Å². The fraction of sp³-hybridized carbons (Fsp3) is 0.565. The maximum Gasteiger partial charge on any atom is 0.410 e. The molecule has 1 aromatic carbocycles. The molecule has 30 heavy (non-hydrogen) atoms. The average molecular weight is 436 g/mol. The molecule has 0 aliphatic heterocycles. The number of likely N-dealkylation sites (N-methyl/N-ethyl adjacent to an activating group) is 1. The first-order valence-electron chi connectivity index (χ1n) is 10.4. The second-order valence-electron chi connectivity index (χ2n) is 8.84. The minimum absolute atomic E-state index is 0.0169. The number of carbonyl (C=O) groups is 2. The topological polar surface area (TPSA) is 65.1 Å². The summed E-state index contributed by atoms with van der Waals surface area (Å²) in [5, 5.41) is 0.0169. The Morgan fingerprint density at radius 1 is 1.13 bits per heavy atom. The molecule has 0 fully saturated rings. The van der Waals surface area contributed by atoms with Crippen molar-refractivity contribution < 1.29 is 23.5 Å². The fourth-order valence-corrected chi connectivity index (χ4v) is 4.04. The van der Waals surface area contributed by atoms with Gasteiger partial charge in [-0.1, -0.05) is 57.2 Å². The van der Waals surface area contributed by atoms with Crippen LogP contribution in [-0.2, 0) is 25.3 Å². The molecule has 0 radical (unpaired) electrons. The van der Waals surface area contributed by atoms with Gasteiger partial charge in [-0.25, -0.2) is 9.59 Å². The summed E-state index contributed by atoms with van der Waals surface area (Å²) >= 11 is 0. The predicted molar refractivity (Wildman–Crippen MR) is 122 cm³/mol. The van der Waals surface area contributed by atoms with Crippen LogP contribution >= 0.6 is 0 Å². The van der Waals surface area contributed by atoms with Gasteiger partial charge in [0.25, 0.3) is 0 Å². The summed E-state index contributed by atoms with van der Waals surface area (Å²) in [4.78, 5) is 26.0. The normalized spacial score (nSPS) is 14.3. The molecule has 168 valence electrons. The zero-order chi connectivity index (χ0) is 22.9. The van der Waals surface area contributed by atoms with Crippen LogP contribution in [-0.4, -0.2) is 51.1 Å². The van der Waals surface area contributed by atoms with Gasteiger partial charge < -0.3 is 18.8 Å². The molecule has 1 amide bonds. The van der Waals surface area contributed by atoms with Crippen LogP contribution in [0.25, 0.3) is 0 Å². The van der Waals surface area contributed by atoms with Crippen molar-refractivity contribution in [1.82, 2.24) is 4.90 Å². The van der Waals surface area contributed by atoms with Crippen molar-refractivity contribution in [3.05, 3.63) is 48.0 Å². The Bertz CT molecular complexity index is 712. The minimum atomic E-state index is -2.08. The van der Waals surface area contributed by atoms with Crippen LogP contribution in [0.2, 0.25) is 18.1 Å². The van der Waals surface area contributed by atoms with Gasteiger partial charge in [-0.2, -0.15) is 0 Å². The van der Waals surface area contributed by atoms with Crippen LogP contribution in [0, 0.1) is 0 Å². The van der Waals surface area contributed by atoms with E-state index in [0.717, 1.165) is 5.56 Å². The van der Waals surface area contributed by atoms with Gasteiger partial charge in [-0.3, -0.25) is 0 Å². The zero-order valence-corrected chi connectivity index (χ0v) is 20.6. The standard InChI is InChI=1S/C23H37NO5Si/c1-9-27-21(25)16-15-20(18(2)29-30(7,8)23(3,4)5)24(6)22(26)28-17-19-13-11-10-12-14-19/h10-16,18,20H,9,17H2,1-8H3/b16-15+/t18-,20+/m1/s1. The van der Waals surface area contributed by atoms with E-state index >= 15 is 0 Å². The number of rotatable bonds is 9. The summed E-state index contributed by atoms with van der Waals surface area (Å²) in [6.07, 6.45) is 2.19. The van der Waals surface area contributed by atoms with Gasteiger partial charge in [0.2, 0.25) is 0 Å². The summed E-state index contributed by atoms with van der Waals surface area (Å²) < 4.78 is 16.9. The first kappa shape index (κ1) is 25.9. The Morgan fingerprint density at radius 2 is 1.73 bits per heavy atom. The number of amides is 1. The molecule has 0 aliphatic rings. The SMILES string of the molecule is CCOC(=O)/C=C/[C@@H]([C@@H](C)O[Si](C)(C)C(C)(C)C)N(C)C(=O)OCc1ccccc1. The highest BCUT2D eigenvalue weighted by Crippen LogP contribution is 2.37. The molecule has 0 unspecified atom stereocenters. The molecule has 1 aromatic rings. The lowest BCUT2D eigenvalue weighted by Crippen LogP contribution is -2.50. The largest absolute Gasteiger partial charge is 0.463 e. The van der Waals surface area contributed by atoms with Gasteiger partial charge in [0.05, 0.1) is 18.8 Å². The Balaban J connectivity index is 2.97. The first-order valence-corrected chi connectivity index (χ1v) is 13.3. The quantitative estimate of drug-likeness (QED) is 0.305. The van der Waals surface area contributed by atoms with Crippen molar-refractivity contribution in [2.75, 3.05) is 13.7 Å². The number of ether oxygens (including phenoxy) is 2. The Morgan fingerprint density at radius 3 is 2.27 bits per heavy atom. The van der Waals surface area contributed by atoms with E-state index in [1.54, 1.807) is 20.0 Å². The highest BCUT2D eigenvalue weighted by Gasteiger charge is 2.40. The van der Waals surface area contributed by atoms with Crippen LogP contribution < -0.4 is 0 Å². The second-order valence-corrected chi connectivity index (χ2v) is 13.6. The third-order valence-electron chi connectivity index (χ3n) is 5.42. The summed E-state index contributed by atoms with van der Waals surface area (Å²) in [6, 6.07) is 9.02. The van der Waals surface area contributed by atoms with Crippen molar-refractivity contribution in [2.45, 2.75) is 71.5 Å². The molecule has 0 spiro atoms. The van der Waals surface area contributed by atoms with Crippen molar-refractivity contribution in [3.63, 3.8) is 0 Å². The van der Waals surface area contributed by atoms with Crippen LogP contribution in [0.4, 0.5) is 4.79 Å². The molecule has 0 bridgehead atoms. The number of carbonyl (C=O) groups excluding carboxylic acids is 2. The molecule has 0 aliphatic carbocycles. The Labute approximate surface area is 182 Å². The molecule has 0 aromatic heterocycles. The lowest BCUT2D eigenvalue weighted by Gasteiger charge is -2.41. The molecular formula is C23H37NO5Si. The Kier molecular flexibility index (Phi) is 9.78. The molecular weight excluding hydrogens is 398 g/mol. The molecule has 0 N–H and O–H groups in total. The van der Waals surface area contributed by atoms with Crippen LogP contribution in [0.5, 0.6) is 0 Å². The molecule has 0 saturated heterocycles. The highest BCUT2D eigenvalue weighted by atomic mass is 28.4. The minimum Gasteiger partial charge on any atom is -0.463 e. The summed E-state index contributed by atoms with van der Waals surface area (Å²) in [5.41, 5.74) is 0.906. The van der Waals surface area contributed by atoms with Crippen molar-refractivity contribution in [1.29, 1.82) is 0 Å². The summed E-state index contributed by atoms with van der Waals surface area (Å²) in [7, 11) is -0.431. The predicted octanol–water partition coefficient (Wildman–Crippen LogP) is 5.15. The van der Waals surface area contributed by atoms with Gasteiger partial charge in [-0.05, 0) is 37.5 Å². The van der Waals surface area contributed by atoms with Crippen molar-refractivity contribution in [2.24, 2.45) is 0 Å². The third-order valence-corrected chi connectivity index (χ3v) is 10.00. The van der Waals surface area contributed by atoms with E-state index in [2.05, 4.69) is 33.9 Å². The van der Waals surface area contributed by atoms with E-state index in [0.29, 0.717) is 6.61 Å². The second kappa shape index (κ2) is 11.3. The van der Waals surface area contributed by atoms with E-state index in [1.807, 2.05) is 37.3 Å². The average Bonchev–Trinajstić information content (AvgIpc) is 2.65. The zero-order valence-electron chi connectivity index (χ0n) is 19.6. The molecule has 1 rings (SSSR count). The van der Waals surface area contributed by atoms with E-state index < -0.39 is 26.4 Å². The lowest BCUT2D eigenvalue weighted by atomic mass is 10.1. The van der Waals surface area contributed by atoms with Crippen molar-refractivity contribution >= 4 is 20.4 Å². The maximum atomic E-state index is 12.7. The molecule has 0 saturated carbocycles. The third kappa shape index (κ3) is 7.95. The van der Waals surface area contributed by atoms with Gasteiger partial charge in [-0.15, -0.1) is 0 Å². The summed E-state index contributed by atoms with van der Waals surface area (Å²) in [6.45, 7) is 14.9. The molecule has 6 nitrogen and oxygen atoms in total. The van der Waals surface area contributed by atoms with E-state index in [9.17, 15) is 9.59 Å². The van der Waals surface area contributed by atoms with Crippen LogP contribution in [0.1, 0.15) is 40.2 Å². The smallest absolute Gasteiger partial charge is 0.410 e.